The highest BCUT2D eigenvalue weighted by molar-refractivity contribution is 7.98. The molecule has 0 aliphatic heterocycles. The Balaban J connectivity index is 3.12. The second-order valence-corrected chi connectivity index (χ2v) is 18.2. The Labute approximate surface area is 365 Å². The molecule has 8 atom stereocenters. The van der Waals surface area contributed by atoms with Crippen molar-refractivity contribution in [3.63, 3.8) is 0 Å². The number of hydrogen-bond donors (Lipinski definition) is 9. The number of carboxylic acid groups (broad SMARTS) is 1. The summed E-state index contributed by atoms with van der Waals surface area (Å²) in [7, 11) is 0. The van der Waals surface area contributed by atoms with Crippen LogP contribution in [-0.2, 0) is 44.8 Å². The summed E-state index contributed by atoms with van der Waals surface area (Å²) in [5.74, 6) is -5.64. The van der Waals surface area contributed by atoms with Gasteiger partial charge in [-0.05, 0) is 80.8 Å². The number of thioether (sulfide) groups is 1. The van der Waals surface area contributed by atoms with Gasteiger partial charge in [-0.3, -0.25) is 33.6 Å². The maximum Gasteiger partial charge on any atom is 0.326 e. The third-order valence-corrected chi connectivity index (χ3v) is 10.3. The summed E-state index contributed by atoms with van der Waals surface area (Å²) in [5.41, 5.74) is 6.65. The van der Waals surface area contributed by atoms with Crippen molar-refractivity contribution >= 4 is 59.1 Å². The first kappa shape index (κ1) is 54.3. The molecule has 0 unspecified atom stereocenters. The molecular formula is C43H72N8O9S. The lowest BCUT2D eigenvalue weighted by Crippen LogP contribution is -2.60. The van der Waals surface area contributed by atoms with Gasteiger partial charge < -0.3 is 48.1 Å². The third kappa shape index (κ3) is 20.6. The highest BCUT2D eigenvalue weighted by Crippen LogP contribution is 2.13. The lowest BCUT2D eigenvalue weighted by Gasteiger charge is -2.29. The number of aliphatic carboxylic acids is 1. The second kappa shape index (κ2) is 27.3. The Bertz CT molecular complexity index is 1610. The average molecular weight is 877 g/mol. The molecule has 344 valence electrons. The SMILES string of the molecule is CSCC[C@H](N)C(=O)N[C@@H](C)C(=O)N[C@@H](CC(C)C)C(=O)N[C@@H](CC(C)C)C(=O)N[C@@H](CC(C)C)C(=O)N[C@@H](C)C(=O)N[C@H](C(=O)N[C@@H](Cc1ccccc1)C(=O)O)C(C)C. The Morgan fingerprint density at radius 3 is 1.34 bits per heavy atom. The summed E-state index contributed by atoms with van der Waals surface area (Å²) in [6, 6.07) is 0.183. The molecule has 0 saturated heterocycles. The van der Waals surface area contributed by atoms with Gasteiger partial charge in [-0.2, -0.15) is 11.8 Å². The van der Waals surface area contributed by atoms with Gasteiger partial charge >= 0.3 is 5.97 Å². The number of amides is 7. The maximum atomic E-state index is 13.9. The molecular weight excluding hydrogens is 805 g/mol. The van der Waals surface area contributed by atoms with Gasteiger partial charge in [-0.1, -0.05) is 85.7 Å². The van der Waals surface area contributed by atoms with Crippen LogP contribution in [0.15, 0.2) is 30.3 Å². The number of benzene rings is 1. The molecule has 0 aromatic heterocycles. The monoisotopic (exact) mass is 877 g/mol. The van der Waals surface area contributed by atoms with Crippen LogP contribution in [0.1, 0.15) is 100 Å². The normalized spacial score (nSPS) is 15.3. The van der Waals surface area contributed by atoms with E-state index in [0.717, 1.165) is 0 Å². The van der Waals surface area contributed by atoms with E-state index in [4.69, 9.17) is 5.73 Å². The maximum absolute atomic E-state index is 13.9. The molecule has 0 radical (unpaired) electrons. The Morgan fingerprint density at radius 1 is 0.541 bits per heavy atom. The lowest BCUT2D eigenvalue weighted by molar-refractivity contribution is -0.142. The van der Waals surface area contributed by atoms with Crippen LogP contribution in [-0.4, -0.2) is 113 Å². The van der Waals surface area contributed by atoms with Crippen LogP contribution in [0, 0.1) is 23.7 Å². The smallest absolute Gasteiger partial charge is 0.326 e. The number of carbonyl (C=O) groups excluding carboxylic acids is 7. The van der Waals surface area contributed by atoms with Gasteiger partial charge in [0.1, 0.15) is 42.3 Å². The van der Waals surface area contributed by atoms with Crippen LogP contribution < -0.4 is 43.0 Å². The molecule has 0 aliphatic rings. The number of rotatable bonds is 27. The zero-order valence-corrected chi connectivity index (χ0v) is 38.6. The summed E-state index contributed by atoms with van der Waals surface area (Å²) < 4.78 is 0. The van der Waals surface area contributed by atoms with E-state index >= 15 is 0 Å². The highest BCUT2D eigenvalue weighted by Gasteiger charge is 2.34. The van der Waals surface area contributed by atoms with Crippen LogP contribution >= 0.6 is 11.8 Å². The molecule has 0 aliphatic carbocycles. The van der Waals surface area contributed by atoms with Crippen LogP contribution in [0.3, 0.4) is 0 Å². The molecule has 17 nitrogen and oxygen atoms in total. The first-order valence-corrected chi connectivity index (χ1v) is 22.5. The van der Waals surface area contributed by atoms with Crippen molar-refractivity contribution < 1.29 is 43.5 Å². The van der Waals surface area contributed by atoms with E-state index in [1.54, 1.807) is 55.9 Å². The zero-order valence-electron chi connectivity index (χ0n) is 37.8. The number of carbonyl (C=O) groups is 8. The predicted octanol–water partition coefficient (Wildman–Crippen LogP) is 1.62. The summed E-state index contributed by atoms with van der Waals surface area (Å²) in [6.07, 6.45) is 2.96. The fraction of sp³-hybridized carbons (Fsp3) is 0.674. The average Bonchev–Trinajstić information content (AvgIpc) is 3.17. The number of nitrogens with one attached hydrogen (secondary N) is 7. The molecule has 7 amide bonds. The summed E-state index contributed by atoms with van der Waals surface area (Å²) >= 11 is 1.54. The van der Waals surface area contributed by atoms with E-state index < -0.39 is 102 Å². The van der Waals surface area contributed by atoms with Gasteiger partial charge in [0.05, 0.1) is 6.04 Å². The fourth-order valence-corrected chi connectivity index (χ4v) is 6.71. The minimum Gasteiger partial charge on any atom is -0.480 e. The van der Waals surface area contributed by atoms with Crippen molar-refractivity contribution in [2.45, 2.75) is 150 Å². The van der Waals surface area contributed by atoms with Gasteiger partial charge in [-0.15, -0.1) is 0 Å². The summed E-state index contributed by atoms with van der Waals surface area (Å²) in [5, 5.41) is 28.4. The van der Waals surface area contributed by atoms with E-state index in [-0.39, 0.29) is 43.4 Å². The van der Waals surface area contributed by atoms with Crippen LogP contribution in [0.2, 0.25) is 0 Å². The Kier molecular flexibility index (Phi) is 24.3. The molecule has 18 heteroatoms. The van der Waals surface area contributed by atoms with E-state index in [0.29, 0.717) is 17.7 Å². The number of carboxylic acids is 1. The largest absolute Gasteiger partial charge is 0.480 e. The molecule has 0 bridgehead atoms. The molecule has 1 rings (SSSR count). The van der Waals surface area contributed by atoms with Crippen molar-refractivity contribution in [1.82, 2.24) is 37.2 Å². The molecule has 61 heavy (non-hydrogen) atoms. The van der Waals surface area contributed by atoms with E-state index in [1.165, 1.54) is 13.8 Å². The number of hydrogen-bond acceptors (Lipinski definition) is 10. The predicted molar refractivity (Wildman–Crippen MR) is 237 cm³/mol. The van der Waals surface area contributed by atoms with Gasteiger partial charge in [0, 0.05) is 6.42 Å². The van der Waals surface area contributed by atoms with Crippen molar-refractivity contribution in [1.29, 1.82) is 0 Å². The van der Waals surface area contributed by atoms with E-state index in [9.17, 15) is 43.5 Å². The molecule has 0 saturated carbocycles. The van der Waals surface area contributed by atoms with Crippen LogP contribution in [0.5, 0.6) is 0 Å². The van der Waals surface area contributed by atoms with Gasteiger partial charge in [0.15, 0.2) is 0 Å². The standard InChI is InChI=1S/C43H72N8O9S/c1-23(2)19-31(39(55)46-28(10)37(53)51-35(26(7)8)42(58)50-34(43(59)60)22-29-15-13-12-14-16-29)48-41(57)33(21-25(5)6)49-40(56)32(20-24(3)4)47-36(52)27(9)45-38(54)30(44)17-18-61-11/h12-16,23-28,30-35H,17-22,44H2,1-11H3,(H,45,54)(H,46,55)(H,47,52)(H,48,57)(H,49,56)(H,50,58)(H,51,53)(H,59,60)/t27-,28-,30-,31-,32-,33-,34-,35-/m0/s1. The molecule has 0 fully saturated rings. The Morgan fingerprint density at radius 2 is 0.934 bits per heavy atom. The van der Waals surface area contributed by atoms with Crippen molar-refractivity contribution in [3.8, 4) is 0 Å². The molecule has 0 spiro atoms. The Hall–Kier alpha value is -4.71. The van der Waals surface area contributed by atoms with Crippen LogP contribution in [0.25, 0.3) is 0 Å². The van der Waals surface area contributed by atoms with Gasteiger partial charge in [0.25, 0.3) is 0 Å². The van der Waals surface area contributed by atoms with Gasteiger partial charge in [0.2, 0.25) is 41.4 Å². The first-order valence-electron chi connectivity index (χ1n) is 21.1. The second-order valence-electron chi connectivity index (χ2n) is 17.2. The molecule has 1 aromatic carbocycles. The number of nitrogens with two attached hydrogens (primary N) is 1. The molecule has 0 heterocycles. The van der Waals surface area contributed by atoms with Crippen molar-refractivity contribution in [2.75, 3.05) is 12.0 Å². The molecule has 10 N–H and O–H groups in total. The quantitative estimate of drug-likeness (QED) is 0.0613. The first-order chi connectivity index (χ1) is 28.5. The fourth-order valence-electron chi connectivity index (χ4n) is 6.22. The minimum absolute atomic E-state index is 0.0296. The van der Waals surface area contributed by atoms with Crippen molar-refractivity contribution in [2.24, 2.45) is 29.4 Å². The van der Waals surface area contributed by atoms with Crippen molar-refractivity contribution in [3.05, 3.63) is 35.9 Å². The lowest BCUT2D eigenvalue weighted by atomic mass is 9.98. The third-order valence-electron chi connectivity index (χ3n) is 9.64. The summed E-state index contributed by atoms with van der Waals surface area (Å²) in [4.78, 5) is 106. The van der Waals surface area contributed by atoms with Crippen LogP contribution in [0.4, 0.5) is 0 Å². The van der Waals surface area contributed by atoms with E-state index in [2.05, 4.69) is 37.2 Å². The van der Waals surface area contributed by atoms with Gasteiger partial charge in [-0.25, -0.2) is 4.79 Å². The molecule has 1 aromatic rings. The topological polar surface area (TPSA) is 267 Å². The van der Waals surface area contributed by atoms with E-state index in [1.807, 2.05) is 47.8 Å². The highest BCUT2D eigenvalue weighted by atomic mass is 32.2. The minimum atomic E-state index is -1.25. The zero-order chi connectivity index (χ0) is 46.6. The summed E-state index contributed by atoms with van der Waals surface area (Å²) in [6.45, 7) is 17.5.